The number of anilines is 1. The van der Waals surface area contributed by atoms with Gasteiger partial charge in [-0.15, -0.1) is 0 Å². The van der Waals surface area contributed by atoms with Crippen LogP contribution in [0.2, 0.25) is 0 Å². The number of pyridine rings is 1. The van der Waals surface area contributed by atoms with Crippen LogP contribution in [-0.2, 0) is 22.5 Å². The molecule has 0 unspecified atom stereocenters. The Morgan fingerprint density at radius 1 is 1.29 bits per heavy atom. The van der Waals surface area contributed by atoms with Crippen molar-refractivity contribution in [3.63, 3.8) is 0 Å². The molecule has 0 saturated heterocycles. The molecule has 0 aromatic carbocycles. The van der Waals surface area contributed by atoms with E-state index in [1.807, 2.05) is 0 Å². The van der Waals surface area contributed by atoms with Gasteiger partial charge in [0.25, 0.3) is 11.8 Å². The average molecular weight is 503 g/mol. The molecule has 6 rings (SSSR count). The quantitative estimate of drug-likeness (QED) is 0.548. The molecule has 2 heterocycles. The molecule has 2 bridgehead atoms. The molecule has 13 heteroatoms. The van der Waals surface area contributed by atoms with Crippen LogP contribution in [0.15, 0.2) is 23.4 Å². The number of aromatic nitrogens is 3. The van der Waals surface area contributed by atoms with Gasteiger partial charge < -0.3 is 5.32 Å². The van der Waals surface area contributed by atoms with Crippen molar-refractivity contribution >= 4 is 21.3 Å². The smallest absolute Gasteiger partial charge is 0.320 e. The second-order valence-electron chi connectivity index (χ2n) is 9.68. The summed E-state index contributed by atoms with van der Waals surface area (Å²) >= 11 is 0. The SMILES string of the molecule is C[S@](=N)(=O)c1cc(NC(=O)c2c(C(F)(F)F)c(C3CC3)nn2CC23CC(CC2(F)F)C3)ccn1. The molecule has 2 aromatic heterocycles. The van der Waals surface area contributed by atoms with Gasteiger partial charge in [-0.25, -0.2) is 22.8 Å². The highest BCUT2D eigenvalue weighted by atomic mass is 32.2. The summed E-state index contributed by atoms with van der Waals surface area (Å²) in [6.45, 7) is -0.480. The van der Waals surface area contributed by atoms with Gasteiger partial charge in [0.1, 0.15) is 16.3 Å². The Morgan fingerprint density at radius 3 is 2.50 bits per heavy atom. The maximum absolute atomic E-state index is 14.7. The molecule has 0 aliphatic heterocycles. The van der Waals surface area contributed by atoms with Crippen molar-refractivity contribution in [2.24, 2.45) is 11.3 Å². The predicted molar refractivity (Wildman–Crippen MR) is 111 cm³/mol. The molecule has 34 heavy (non-hydrogen) atoms. The van der Waals surface area contributed by atoms with Gasteiger partial charge in [0.2, 0.25) is 0 Å². The molecule has 184 valence electrons. The zero-order valence-corrected chi connectivity index (χ0v) is 18.9. The summed E-state index contributed by atoms with van der Waals surface area (Å²) < 4.78 is 92.2. The lowest BCUT2D eigenvalue weighted by molar-refractivity contribution is -0.138. The highest BCUT2D eigenvalue weighted by molar-refractivity contribution is 7.91. The standard InChI is InChI=1S/C21H22F5N5O2S/c1-34(27,33)14-6-13(4-5-28-14)29-18(32)17-15(21(24,25)26)16(12-2-3-12)30-31(17)10-19-7-11(8-19)9-20(19,22)23/h4-6,11-12,27H,2-3,7-10H2,1H3,(H,28,29,32)/t11?,19?,34-/m0/s1. The van der Waals surface area contributed by atoms with Crippen LogP contribution in [0.25, 0.3) is 0 Å². The summed E-state index contributed by atoms with van der Waals surface area (Å²) in [6, 6.07) is 2.42. The molecule has 0 radical (unpaired) electrons. The van der Waals surface area contributed by atoms with Crippen LogP contribution in [-0.4, -0.2) is 37.1 Å². The zero-order valence-electron chi connectivity index (χ0n) is 18.1. The van der Waals surface area contributed by atoms with Crippen LogP contribution in [0.1, 0.15) is 59.8 Å². The number of amides is 1. The van der Waals surface area contributed by atoms with Crippen molar-refractivity contribution in [3.05, 3.63) is 35.3 Å². The molecule has 7 nitrogen and oxygen atoms in total. The number of fused-ring (bicyclic) bond motifs is 1. The van der Waals surface area contributed by atoms with E-state index in [1.165, 1.54) is 12.3 Å². The van der Waals surface area contributed by atoms with E-state index in [-0.39, 0.29) is 41.6 Å². The Morgan fingerprint density at radius 2 is 1.97 bits per heavy atom. The monoisotopic (exact) mass is 503 g/mol. The Bertz CT molecular complexity index is 1280. The first-order valence-electron chi connectivity index (χ1n) is 10.8. The lowest BCUT2D eigenvalue weighted by atomic mass is 9.68. The summed E-state index contributed by atoms with van der Waals surface area (Å²) in [4.78, 5) is 17.0. The first-order chi connectivity index (χ1) is 15.7. The van der Waals surface area contributed by atoms with Gasteiger partial charge >= 0.3 is 6.18 Å². The van der Waals surface area contributed by atoms with Crippen LogP contribution in [0.4, 0.5) is 27.6 Å². The summed E-state index contributed by atoms with van der Waals surface area (Å²) in [5.74, 6) is -4.84. The Balaban J connectivity index is 1.57. The largest absolute Gasteiger partial charge is 0.420 e. The average Bonchev–Trinajstić information content (AvgIpc) is 3.34. The highest BCUT2D eigenvalue weighted by Crippen LogP contribution is 2.67. The van der Waals surface area contributed by atoms with E-state index in [0.717, 1.165) is 17.0 Å². The molecule has 4 aliphatic rings. The maximum atomic E-state index is 14.7. The van der Waals surface area contributed by atoms with Crippen molar-refractivity contribution in [1.29, 1.82) is 4.78 Å². The minimum absolute atomic E-state index is 0.0151. The number of hydrogen-bond donors (Lipinski definition) is 2. The van der Waals surface area contributed by atoms with Crippen LogP contribution in [0.3, 0.4) is 0 Å². The summed E-state index contributed by atoms with van der Waals surface area (Å²) in [5.41, 5.74) is -3.82. The molecule has 1 amide bonds. The van der Waals surface area contributed by atoms with Gasteiger partial charge in [-0.1, -0.05) is 0 Å². The molecule has 2 aromatic rings. The lowest BCUT2D eigenvalue weighted by Gasteiger charge is -2.40. The van der Waals surface area contributed by atoms with Gasteiger partial charge in [0, 0.05) is 30.5 Å². The summed E-state index contributed by atoms with van der Waals surface area (Å²) in [5, 5.41) is 6.25. The molecular formula is C21H22F5N5O2S. The number of hydrogen-bond acceptors (Lipinski definition) is 5. The molecule has 4 aliphatic carbocycles. The minimum Gasteiger partial charge on any atom is -0.320 e. The Kier molecular flexibility index (Phi) is 4.92. The second-order valence-corrected chi connectivity index (χ2v) is 11.8. The van der Waals surface area contributed by atoms with Gasteiger partial charge in [-0.2, -0.15) is 18.3 Å². The third kappa shape index (κ3) is 3.77. The Hall–Kier alpha value is -2.57. The second kappa shape index (κ2) is 7.22. The van der Waals surface area contributed by atoms with E-state index in [9.17, 15) is 31.0 Å². The maximum Gasteiger partial charge on any atom is 0.420 e. The highest BCUT2D eigenvalue weighted by Gasteiger charge is 2.69. The number of rotatable bonds is 6. The molecule has 2 N–H and O–H groups in total. The van der Waals surface area contributed by atoms with Gasteiger partial charge in [0.15, 0.2) is 0 Å². The fourth-order valence-corrected chi connectivity index (χ4v) is 5.85. The van der Waals surface area contributed by atoms with Crippen molar-refractivity contribution < 1.29 is 31.0 Å². The van der Waals surface area contributed by atoms with E-state index in [4.69, 9.17) is 4.78 Å². The van der Waals surface area contributed by atoms with Crippen molar-refractivity contribution in [1.82, 2.24) is 14.8 Å². The van der Waals surface area contributed by atoms with Crippen molar-refractivity contribution in [2.75, 3.05) is 11.6 Å². The number of nitrogens with one attached hydrogen (secondary N) is 2. The van der Waals surface area contributed by atoms with E-state index < -0.39 is 56.9 Å². The molecular weight excluding hydrogens is 481 g/mol. The van der Waals surface area contributed by atoms with Crippen LogP contribution < -0.4 is 5.32 Å². The van der Waals surface area contributed by atoms with E-state index in [1.54, 1.807) is 0 Å². The number of nitrogens with zero attached hydrogens (tertiary/aromatic N) is 3. The van der Waals surface area contributed by atoms with Crippen molar-refractivity contribution in [2.45, 2.75) is 61.7 Å². The topological polar surface area (TPSA) is 101 Å². The van der Waals surface area contributed by atoms with Crippen LogP contribution in [0, 0.1) is 16.1 Å². The first kappa shape index (κ1) is 23.2. The molecule has 1 atom stereocenters. The van der Waals surface area contributed by atoms with Gasteiger partial charge in [-0.05, 0) is 43.7 Å². The predicted octanol–water partition coefficient (Wildman–Crippen LogP) is 4.90. The summed E-state index contributed by atoms with van der Waals surface area (Å²) in [6.07, 6.45) is -1.60. The number of halogens is 5. The third-order valence-electron chi connectivity index (χ3n) is 6.97. The number of carbonyl (C=O) groups is 1. The first-order valence-corrected chi connectivity index (χ1v) is 12.7. The summed E-state index contributed by atoms with van der Waals surface area (Å²) in [7, 11) is -3.24. The third-order valence-corrected chi connectivity index (χ3v) is 7.99. The molecule has 4 fully saturated rings. The lowest BCUT2D eigenvalue weighted by Crippen LogP contribution is -2.43. The number of carbonyl (C=O) groups excluding carboxylic acids is 1. The van der Waals surface area contributed by atoms with Crippen molar-refractivity contribution in [3.8, 4) is 0 Å². The van der Waals surface area contributed by atoms with Crippen LogP contribution >= 0.6 is 0 Å². The van der Waals surface area contributed by atoms with Gasteiger partial charge in [0.05, 0.1) is 27.4 Å². The van der Waals surface area contributed by atoms with E-state index in [0.29, 0.717) is 12.8 Å². The Labute approximate surface area is 192 Å². The van der Waals surface area contributed by atoms with Gasteiger partial charge in [-0.3, -0.25) is 9.48 Å². The van der Waals surface area contributed by atoms with Crippen LogP contribution in [0.5, 0.6) is 0 Å². The molecule has 4 saturated carbocycles. The zero-order chi connectivity index (χ0) is 24.7. The number of alkyl halides is 5. The fourth-order valence-electron chi connectivity index (χ4n) is 5.24. The normalized spacial score (nSPS) is 27.2. The molecule has 0 spiro atoms. The van der Waals surface area contributed by atoms with E-state index in [2.05, 4.69) is 15.4 Å². The van der Waals surface area contributed by atoms with E-state index >= 15 is 0 Å². The minimum atomic E-state index is -4.91. The fraction of sp³-hybridized carbons (Fsp3) is 0.571.